The van der Waals surface area contributed by atoms with Crippen molar-refractivity contribution in [2.45, 2.75) is 17.6 Å². The lowest BCUT2D eigenvalue weighted by atomic mass is 10.0. The number of nitrogens with zero attached hydrogens (tertiary/aromatic N) is 2. The molecule has 3 aromatic carbocycles. The monoisotopic (exact) mass is 493 g/mol. The van der Waals surface area contributed by atoms with Crippen LogP contribution < -0.4 is 10.2 Å². The van der Waals surface area contributed by atoms with Crippen LogP contribution in [-0.4, -0.2) is 22.1 Å². The lowest BCUT2D eigenvalue weighted by Crippen LogP contribution is -2.43. The third-order valence-corrected chi connectivity index (χ3v) is 7.33. The molecule has 5 rings (SSSR count). The average Bonchev–Trinajstić information content (AvgIpc) is 3.01. The minimum absolute atomic E-state index is 0.186. The molecule has 0 bridgehead atoms. The third-order valence-electron chi connectivity index (χ3n) is 5.94. The minimum atomic E-state index is -0.900. The molecule has 1 aromatic heterocycles. The van der Waals surface area contributed by atoms with E-state index in [9.17, 15) is 14.0 Å². The molecule has 5 nitrogen and oxygen atoms in total. The number of nitrogens with one attached hydrogen (secondary N) is 1. The lowest BCUT2D eigenvalue weighted by Gasteiger charge is -2.30. The van der Waals surface area contributed by atoms with Gasteiger partial charge in [-0.2, -0.15) is 0 Å². The molecule has 0 aliphatic carbocycles. The van der Waals surface area contributed by atoms with E-state index in [1.165, 1.54) is 28.8 Å². The van der Waals surface area contributed by atoms with E-state index in [1.807, 2.05) is 35.9 Å². The first-order chi connectivity index (χ1) is 16.4. The lowest BCUT2D eigenvalue weighted by molar-refractivity contribution is -0.125. The van der Waals surface area contributed by atoms with Gasteiger partial charge in [-0.1, -0.05) is 59.8 Å². The average molecular weight is 494 g/mol. The number of anilines is 1. The van der Waals surface area contributed by atoms with Crippen molar-refractivity contribution in [1.29, 1.82) is 0 Å². The molecule has 4 aromatic rings. The van der Waals surface area contributed by atoms with E-state index in [-0.39, 0.29) is 29.9 Å². The van der Waals surface area contributed by atoms with Gasteiger partial charge in [0.1, 0.15) is 11.9 Å². The Labute approximate surface area is 205 Å². The summed E-state index contributed by atoms with van der Waals surface area (Å²) < 4.78 is 15.3. The first-order valence-electron chi connectivity index (χ1n) is 10.7. The molecule has 2 heterocycles. The summed E-state index contributed by atoms with van der Waals surface area (Å²) in [5.74, 6) is -0.660. The molecule has 1 aliphatic heterocycles. The number of amides is 2. The predicted octanol–water partition coefficient (Wildman–Crippen LogP) is 5.47. The van der Waals surface area contributed by atoms with Crippen LogP contribution in [0.2, 0.25) is 5.02 Å². The number of aryl methyl sites for hydroxylation is 1. The van der Waals surface area contributed by atoms with E-state index in [0.29, 0.717) is 10.7 Å². The van der Waals surface area contributed by atoms with E-state index in [1.54, 1.807) is 36.4 Å². The predicted molar refractivity (Wildman–Crippen MR) is 134 cm³/mol. The van der Waals surface area contributed by atoms with Crippen molar-refractivity contribution in [3.63, 3.8) is 0 Å². The highest BCUT2D eigenvalue weighted by Crippen LogP contribution is 2.43. The van der Waals surface area contributed by atoms with Crippen LogP contribution in [0.5, 0.6) is 0 Å². The molecular weight excluding hydrogens is 473 g/mol. The highest BCUT2D eigenvalue weighted by Gasteiger charge is 2.39. The summed E-state index contributed by atoms with van der Waals surface area (Å²) in [5.41, 5.74) is 3.08. The number of thioether (sulfide) groups is 1. The highest BCUT2D eigenvalue weighted by molar-refractivity contribution is 8.00. The van der Waals surface area contributed by atoms with Crippen molar-refractivity contribution in [2.24, 2.45) is 7.05 Å². The third kappa shape index (κ3) is 4.06. The standard InChI is InChI=1S/C26H21ClFN3O2S/c1-30-21-8-3-2-7-20(21)23-24(25(33)29-14-16-9-11-18(28)12-10-16)31(22(32)15-34-26(23)30)19-6-4-5-17(27)13-19/h2-13,24H,14-15H2,1H3,(H,29,33)/t24-/m0/s1. The Morgan fingerprint density at radius 1 is 1.12 bits per heavy atom. The number of aromatic nitrogens is 1. The zero-order valence-corrected chi connectivity index (χ0v) is 19.9. The van der Waals surface area contributed by atoms with Gasteiger partial charge in [0.05, 0.1) is 10.8 Å². The molecule has 1 aliphatic rings. The summed E-state index contributed by atoms with van der Waals surface area (Å²) in [4.78, 5) is 28.7. The summed E-state index contributed by atoms with van der Waals surface area (Å²) >= 11 is 7.68. The van der Waals surface area contributed by atoms with Gasteiger partial charge >= 0.3 is 0 Å². The zero-order chi connectivity index (χ0) is 23.8. The largest absolute Gasteiger partial charge is 0.350 e. The Hall–Kier alpha value is -3.29. The second-order valence-corrected chi connectivity index (χ2v) is 9.47. The van der Waals surface area contributed by atoms with Crippen molar-refractivity contribution in [1.82, 2.24) is 9.88 Å². The van der Waals surface area contributed by atoms with Crippen LogP contribution in [-0.2, 0) is 23.2 Å². The van der Waals surface area contributed by atoms with Gasteiger partial charge in [0.15, 0.2) is 0 Å². The van der Waals surface area contributed by atoms with E-state index in [0.717, 1.165) is 27.1 Å². The molecule has 1 atom stereocenters. The number of para-hydroxylation sites is 1. The first kappa shape index (κ1) is 22.5. The van der Waals surface area contributed by atoms with E-state index >= 15 is 0 Å². The van der Waals surface area contributed by atoms with Gasteiger partial charge in [-0.05, 0) is 42.0 Å². The number of carbonyl (C=O) groups is 2. The maximum Gasteiger partial charge on any atom is 0.248 e. The van der Waals surface area contributed by atoms with Gasteiger partial charge < -0.3 is 9.88 Å². The van der Waals surface area contributed by atoms with Crippen LogP contribution in [0.4, 0.5) is 10.1 Å². The fraction of sp³-hybridized carbons (Fsp3) is 0.154. The van der Waals surface area contributed by atoms with E-state index in [4.69, 9.17) is 11.6 Å². The molecule has 172 valence electrons. The number of carbonyl (C=O) groups excluding carboxylic acids is 2. The first-order valence-corrected chi connectivity index (χ1v) is 12.1. The molecule has 2 amide bonds. The Balaban J connectivity index is 1.63. The molecule has 0 radical (unpaired) electrons. The van der Waals surface area contributed by atoms with Crippen molar-refractivity contribution in [2.75, 3.05) is 10.7 Å². The van der Waals surface area contributed by atoms with Crippen LogP contribution in [0.25, 0.3) is 10.9 Å². The minimum Gasteiger partial charge on any atom is -0.350 e. The number of fused-ring (bicyclic) bond motifs is 3. The van der Waals surface area contributed by atoms with Crippen LogP contribution in [0.1, 0.15) is 17.2 Å². The van der Waals surface area contributed by atoms with Gasteiger partial charge in [-0.3, -0.25) is 14.5 Å². The zero-order valence-electron chi connectivity index (χ0n) is 18.3. The SMILES string of the molecule is Cn1c2c(c3ccccc31)[C@@H](C(=O)NCc1ccc(F)cc1)N(c1cccc(Cl)c1)C(=O)CS2. The topological polar surface area (TPSA) is 54.3 Å². The molecule has 0 spiro atoms. The highest BCUT2D eigenvalue weighted by atomic mass is 35.5. The second kappa shape index (κ2) is 9.16. The maximum absolute atomic E-state index is 13.8. The Bertz CT molecular complexity index is 1400. The summed E-state index contributed by atoms with van der Waals surface area (Å²) in [6.45, 7) is 0.209. The van der Waals surface area contributed by atoms with E-state index in [2.05, 4.69) is 5.32 Å². The summed E-state index contributed by atoms with van der Waals surface area (Å²) in [5, 5.41) is 5.23. The Morgan fingerprint density at radius 3 is 2.65 bits per heavy atom. The maximum atomic E-state index is 13.8. The quantitative estimate of drug-likeness (QED) is 0.410. The number of rotatable bonds is 4. The van der Waals surface area contributed by atoms with Crippen LogP contribution in [0.3, 0.4) is 0 Å². The van der Waals surface area contributed by atoms with Gasteiger partial charge in [0.2, 0.25) is 11.8 Å². The molecule has 34 heavy (non-hydrogen) atoms. The Kier molecular flexibility index (Phi) is 6.06. The fourth-order valence-corrected chi connectivity index (χ4v) is 5.62. The van der Waals surface area contributed by atoms with Gasteiger partial charge in [0, 0.05) is 40.8 Å². The van der Waals surface area contributed by atoms with Gasteiger partial charge in [0.25, 0.3) is 0 Å². The van der Waals surface area contributed by atoms with E-state index < -0.39 is 6.04 Å². The van der Waals surface area contributed by atoms with Crippen molar-refractivity contribution >= 4 is 51.8 Å². The van der Waals surface area contributed by atoms with Gasteiger partial charge in [-0.25, -0.2) is 4.39 Å². The second-order valence-electron chi connectivity index (χ2n) is 8.07. The van der Waals surface area contributed by atoms with Crippen LogP contribution in [0.15, 0.2) is 77.8 Å². The fourth-order valence-electron chi connectivity index (χ4n) is 4.37. The van der Waals surface area contributed by atoms with Crippen molar-refractivity contribution in [3.8, 4) is 0 Å². The van der Waals surface area contributed by atoms with Gasteiger partial charge in [-0.15, -0.1) is 0 Å². The normalized spacial score (nSPS) is 15.8. The molecular formula is C26H21ClFN3O2S. The number of hydrogen-bond donors (Lipinski definition) is 1. The summed E-state index contributed by atoms with van der Waals surface area (Å²) in [6, 6.07) is 19.9. The number of benzene rings is 3. The molecule has 0 fully saturated rings. The van der Waals surface area contributed by atoms with Crippen molar-refractivity contribution in [3.05, 3.63) is 94.8 Å². The van der Waals surface area contributed by atoms with Crippen molar-refractivity contribution < 1.29 is 14.0 Å². The molecule has 0 saturated carbocycles. The summed E-state index contributed by atoms with van der Waals surface area (Å²) in [7, 11) is 1.95. The summed E-state index contributed by atoms with van der Waals surface area (Å²) in [6.07, 6.45) is 0. The van der Waals surface area contributed by atoms with Crippen LogP contribution in [0, 0.1) is 5.82 Å². The molecule has 1 N–H and O–H groups in total. The molecule has 0 saturated heterocycles. The molecule has 0 unspecified atom stereocenters. The molecule has 8 heteroatoms. The van der Waals surface area contributed by atoms with Crippen LogP contribution >= 0.6 is 23.4 Å². The smallest absolute Gasteiger partial charge is 0.248 e. The number of halogens is 2. The Morgan fingerprint density at radius 2 is 1.88 bits per heavy atom. The number of hydrogen-bond acceptors (Lipinski definition) is 3.